The summed E-state index contributed by atoms with van der Waals surface area (Å²) < 4.78 is 39.5. The molecule has 0 amide bonds. The fourth-order valence-electron chi connectivity index (χ4n) is 2.58. The van der Waals surface area contributed by atoms with Crippen molar-refractivity contribution in [3.63, 3.8) is 0 Å². The maximum absolute atomic E-state index is 13.1. The van der Waals surface area contributed by atoms with Crippen molar-refractivity contribution in [2.45, 2.75) is 23.8 Å². The van der Waals surface area contributed by atoms with Crippen LogP contribution in [0.4, 0.5) is 10.1 Å². The molecule has 2 N–H and O–H groups in total. The summed E-state index contributed by atoms with van der Waals surface area (Å²) in [6.07, 6.45) is 2.45. The Morgan fingerprint density at radius 1 is 1.15 bits per heavy atom. The van der Waals surface area contributed by atoms with E-state index in [0.29, 0.717) is 19.1 Å². The molecule has 1 saturated carbocycles. The molecule has 20 heavy (non-hydrogen) atoms. The molecule has 2 fully saturated rings. The fraction of sp³-hybridized carbons (Fsp3) is 0.538. The third kappa shape index (κ3) is 2.53. The molecule has 1 saturated heterocycles. The highest BCUT2D eigenvalue weighted by Crippen LogP contribution is 2.29. The minimum Gasteiger partial charge on any atom is -0.396 e. The Morgan fingerprint density at radius 3 is 2.35 bits per heavy atom. The lowest BCUT2D eigenvalue weighted by molar-refractivity contribution is 0.180. The second-order valence-electron chi connectivity index (χ2n) is 5.35. The van der Waals surface area contributed by atoms with Crippen LogP contribution in [0.1, 0.15) is 12.8 Å². The number of rotatable bonds is 3. The van der Waals surface area contributed by atoms with Gasteiger partial charge in [-0.25, -0.2) is 12.8 Å². The summed E-state index contributed by atoms with van der Waals surface area (Å²) in [5.74, 6) is -0.595. The first-order chi connectivity index (χ1) is 9.48. The van der Waals surface area contributed by atoms with Gasteiger partial charge < -0.3 is 5.73 Å². The van der Waals surface area contributed by atoms with Gasteiger partial charge in [-0.2, -0.15) is 4.31 Å². The first kappa shape index (κ1) is 13.8. The van der Waals surface area contributed by atoms with E-state index >= 15 is 0 Å². The van der Waals surface area contributed by atoms with Crippen LogP contribution in [0.3, 0.4) is 0 Å². The summed E-state index contributed by atoms with van der Waals surface area (Å²) in [5.41, 5.74) is 5.31. The molecule has 0 atom stereocenters. The van der Waals surface area contributed by atoms with Crippen molar-refractivity contribution in [1.29, 1.82) is 0 Å². The predicted molar refractivity (Wildman–Crippen MR) is 74.2 cm³/mol. The van der Waals surface area contributed by atoms with Gasteiger partial charge in [0.05, 0.1) is 10.6 Å². The van der Waals surface area contributed by atoms with Crippen molar-refractivity contribution in [1.82, 2.24) is 9.21 Å². The first-order valence-corrected chi connectivity index (χ1v) is 8.22. The molecular weight excluding hydrogens is 281 g/mol. The molecule has 1 aromatic carbocycles. The van der Waals surface area contributed by atoms with E-state index in [0.717, 1.165) is 19.2 Å². The Hall–Kier alpha value is -1.18. The van der Waals surface area contributed by atoms with Crippen LogP contribution in [-0.2, 0) is 10.0 Å². The van der Waals surface area contributed by atoms with Crippen LogP contribution in [0.5, 0.6) is 0 Å². The first-order valence-electron chi connectivity index (χ1n) is 6.78. The van der Waals surface area contributed by atoms with Gasteiger partial charge in [0.1, 0.15) is 5.82 Å². The number of halogens is 1. The van der Waals surface area contributed by atoms with E-state index in [1.54, 1.807) is 0 Å². The van der Waals surface area contributed by atoms with E-state index in [1.165, 1.54) is 29.3 Å². The summed E-state index contributed by atoms with van der Waals surface area (Å²) in [6.45, 7) is 2.49. The number of piperazine rings is 1. The van der Waals surface area contributed by atoms with Crippen LogP contribution in [-0.4, -0.2) is 49.8 Å². The van der Waals surface area contributed by atoms with Gasteiger partial charge in [-0.15, -0.1) is 0 Å². The van der Waals surface area contributed by atoms with Gasteiger partial charge in [0.15, 0.2) is 0 Å². The molecule has 0 bridgehead atoms. The van der Waals surface area contributed by atoms with Gasteiger partial charge in [0.25, 0.3) is 0 Å². The highest BCUT2D eigenvalue weighted by Gasteiger charge is 2.34. The standard InChI is InChI=1S/C13H18FN3O2S/c14-12-4-3-11(9-13(12)15)20(18,19)17-7-5-16(6-8-17)10-1-2-10/h3-4,9-10H,1-2,5-8,15H2. The Morgan fingerprint density at radius 2 is 1.80 bits per heavy atom. The van der Waals surface area contributed by atoms with E-state index in [2.05, 4.69) is 4.90 Å². The number of nitrogens with zero attached hydrogens (tertiary/aromatic N) is 2. The molecule has 1 heterocycles. The molecule has 7 heteroatoms. The minimum atomic E-state index is -3.57. The summed E-state index contributed by atoms with van der Waals surface area (Å²) in [6, 6.07) is 4.22. The monoisotopic (exact) mass is 299 g/mol. The van der Waals surface area contributed by atoms with Crippen LogP contribution in [0.2, 0.25) is 0 Å². The molecule has 3 rings (SSSR count). The molecule has 0 aromatic heterocycles. The van der Waals surface area contributed by atoms with Crippen LogP contribution in [0.15, 0.2) is 23.1 Å². The van der Waals surface area contributed by atoms with Crippen molar-refractivity contribution in [3.8, 4) is 0 Å². The zero-order chi connectivity index (χ0) is 14.3. The van der Waals surface area contributed by atoms with Gasteiger partial charge in [-0.05, 0) is 31.0 Å². The highest BCUT2D eigenvalue weighted by atomic mass is 32.2. The molecule has 2 aliphatic rings. The normalized spacial score (nSPS) is 22.1. The van der Waals surface area contributed by atoms with Gasteiger partial charge >= 0.3 is 0 Å². The molecule has 1 aromatic rings. The molecule has 5 nitrogen and oxygen atoms in total. The Bertz CT molecular complexity index is 608. The van der Waals surface area contributed by atoms with Crippen molar-refractivity contribution >= 4 is 15.7 Å². The maximum Gasteiger partial charge on any atom is 0.243 e. The number of anilines is 1. The molecule has 0 radical (unpaired) electrons. The Kier molecular flexibility index (Phi) is 3.43. The van der Waals surface area contributed by atoms with E-state index in [1.807, 2.05) is 0 Å². The smallest absolute Gasteiger partial charge is 0.243 e. The third-order valence-corrected chi connectivity index (χ3v) is 5.84. The maximum atomic E-state index is 13.1. The zero-order valence-electron chi connectivity index (χ0n) is 11.1. The number of nitrogens with two attached hydrogens (primary N) is 1. The summed E-state index contributed by atoms with van der Waals surface area (Å²) in [7, 11) is -3.57. The average molecular weight is 299 g/mol. The van der Waals surface area contributed by atoms with Crippen molar-refractivity contribution in [2.75, 3.05) is 31.9 Å². The summed E-state index contributed by atoms with van der Waals surface area (Å²) >= 11 is 0. The fourth-order valence-corrected chi connectivity index (χ4v) is 4.04. The number of nitrogen functional groups attached to an aromatic ring is 1. The summed E-state index contributed by atoms with van der Waals surface area (Å²) in [4.78, 5) is 2.40. The van der Waals surface area contributed by atoms with Gasteiger partial charge in [0.2, 0.25) is 10.0 Å². The average Bonchev–Trinajstić information content (AvgIpc) is 3.26. The summed E-state index contributed by atoms with van der Waals surface area (Å²) in [5, 5.41) is 0. The van der Waals surface area contributed by atoms with Crippen molar-refractivity contribution in [2.24, 2.45) is 0 Å². The van der Waals surface area contributed by atoms with Gasteiger partial charge in [0, 0.05) is 32.2 Å². The molecule has 0 spiro atoms. The number of benzene rings is 1. The second-order valence-corrected chi connectivity index (χ2v) is 7.29. The number of sulfonamides is 1. The van der Waals surface area contributed by atoms with Crippen LogP contribution in [0.25, 0.3) is 0 Å². The van der Waals surface area contributed by atoms with Crippen LogP contribution >= 0.6 is 0 Å². The Balaban J connectivity index is 1.76. The van der Waals surface area contributed by atoms with Crippen molar-refractivity contribution in [3.05, 3.63) is 24.0 Å². The van der Waals surface area contributed by atoms with Crippen LogP contribution in [0, 0.1) is 5.82 Å². The van der Waals surface area contributed by atoms with E-state index in [9.17, 15) is 12.8 Å². The topological polar surface area (TPSA) is 66.6 Å². The quantitative estimate of drug-likeness (QED) is 0.841. The van der Waals surface area contributed by atoms with Crippen molar-refractivity contribution < 1.29 is 12.8 Å². The number of hydrogen-bond donors (Lipinski definition) is 1. The molecule has 110 valence electrons. The van der Waals surface area contributed by atoms with Crippen LogP contribution < -0.4 is 5.73 Å². The van der Waals surface area contributed by atoms with E-state index in [4.69, 9.17) is 5.73 Å². The minimum absolute atomic E-state index is 0.0660. The Labute approximate surface area is 118 Å². The molecular formula is C13H18FN3O2S. The zero-order valence-corrected chi connectivity index (χ0v) is 11.9. The lowest BCUT2D eigenvalue weighted by Gasteiger charge is -2.34. The van der Waals surface area contributed by atoms with Gasteiger partial charge in [-0.3, -0.25) is 4.90 Å². The second kappa shape index (κ2) is 4.98. The highest BCUT2D eigenvalue weighted by molar-refractivity contribution is 7.89. The largest absolute Gasteiger partial charge is 0.396 e. The molecule has 1 aliphatic heterocycles. The van der Waals surface area contributed by atoms with Gasteiger partial charge in [-0.1, -0.05) is 0 Å². The molecule has 1 aliphatic carbocycles. The SMILES string of the molecule is Nc1cc(S(=O)(=O)N2CCN(C3CC3)CC2)ccc1F. The third-order valence-electron chi connectivity index (χ3n) is 3.94. The lowest BCUT2D eigenvalue weighted by atomic mass is 10.3. The van der Waals surface area contributed by atoms with E-state index < -0.39 is 15.8 Å². The van der Waals surface area contributed by atoms with E-state index in [-0.39, 0.29) is 10.6 Å². The number of hydrogen-bond acceptors (Lipinski definition) is 4. The predicted octanol–water partition coefficient (Wildman–Crippen LogP) is 0.877. The lowest BCUT2D eigenvalue weighted by Crippen LogP contribution is -2.49. The molecule has 0 unspecified atom stereocenters.